The average molecular weight is 584 g/mol. The Kier molecular flexibility index (Phi) is 7.91. The highest BCUT2D eigenvalue weighted by molar-refractivity contribution is 9.10. The molecule has 1 N–H and O–H groups in total. The monoisotopic (exact) mass is 582 g/mol. The third kappa shape index (κ3) is 5.81. The highest BCUT2D eigenvalue weighted by Gasteiger charge is 2.51. The molecule has 2 bridgehead atoms. The fraction of sp³-hybridized carbons (Fsp3) is 0.467. The zero-order valence-electron chi connectivity index (χ0n) is 22.1. The van der Waals surface area contributed by atoms with Crippen molar-refractivity contribution in [2.24, 2.45) is 17.3 Å². The van der Waals surface area contributed by atoms with E-state index in [4.69, 9.17) is 0 Å². The van der Waals surface area contributed by atoms with Crippen molar-refractivity contribution in [3.05, 3.63) is 76.0 Å². The molecule has 6 rings (SSSR count). The third-order valence-electron chi connectivity index (χ3n) is 8.78. The van der Waals surface area contributed by atoms with Gasteiger partial charge in [0.05, 0.1) is 0 Å². The number of halogens is 2. The summed E-state index contributed by atoms with van der Waals surface area (Å²) in [5, 5.41) is 2.96. The lowest BCUT2D eigenvalue weighted by Gasteiger charge is -2.57. The van der Waals surface area contributed by atoms with Gasteiger partial charge in [0.2, 0.25) is 0 Å². The molecule has 3 amide bonds. The van der Waals surface area contributed by atoms with Gasteiger partial charge < -0.3 is 15.1 Å². The second-order valence-electron chi connectivity index (χ2n) is 11.3. The lowest BCUT2D eigenvalue weighted by molar-refractivity contribution is -0.0105. The van der Waals surface area contributed by atoms with Crippen LogP contribution in [-0.2, 0) is 0 Å². The zero-order chi connectivity index (χ0) is 26.9. The van der Waals surface area contributed by atoms with E-state index < -0.39 is 0 Å². The fourth-order valence-corrected chi connectivity index (χ4v) is 6.34. The minimum absolute atomic E-state index is 0.0577. The molecular weight excluding hydrogens is 547 g/mol. The van der Waals surface area contributed by atoms with Gasteiger partial charge in [-0.3, -0.25) is 9.69 Å². The SMILES string of the molecule is CC1(C)C2CC=C(CN(CCN3CCN(C(=O)Nc4ccc(Br)cc4)CC3)C(=O)c3ccc(F)cc3)C1C2. The van der Waals surface area contributed by atoms with Crippen LogP contribution in [0.2, 0.25) is 0 Å². The number of allylic oxidation sites excluding steroid dienone is 1. The van der Waals surface area contributed by atoms with Crippen LogP contribution in [0.1, 0.15) is 37.0 Å². The Balaban J connectivity index is 1.18. The van der Waals surface area contributed by atoms with Crippen LogP contribution in [0.15, 0.2) is 64.7 Å². The molecule has 8 heteroatoms. The Morgan fingerprint density at radius 3 is 2.37 bits per heavy atom. The van der Waals surface area contributed by atoms with Gasteiger partial charge in [0.25, 0.3) is 5.91 Å². The van der Waals surface area contributed by atoms with Crippen molar-refractivity contribution < 1.29 is 14.0 Å². The molecule has 0 aromatic heterocycles. The summed E-state index contributed by atoms with van der Waals surface area (Å²) >= 11 is 3.41. The Bertz CT molecular complexity index is 1190. The molecule has 2 fully saturated rings. The van der Waals surface area contributed by atoms with Gasteiger partial charge in [-0.1, -0.05) is 41.4 Å². The molecule has 1 saturated heterocycles. The van der Waals surface area contributed by atoms with Gasteiger partial charge in [0, 0.05) is 61.5 Å². The normalized spacial score (nSPS) is 22.3. The number of benzene rings is 2. The van der Waals surface area contributed by atoms with E-state index in [0.29, 0.717) is 43.1 Å². The molecule has 2 aromatic rings. The Labute approximate surface area is 233 Å². The first-order chi connectivity index (χ1) is 18.2. The van der Waals surface area contributed by atoms with Crippen molar-refractivity contribution in [2.75, 3.05) is 51.1 Å². The average Bonchev–Trinajstić information content (AvgIpc) is 2.92. The van der Waals surface area contributed by atoms with Crippen molar-refractivity contribution in [3.63, 3.8) is 0 Å². The lowest BCUT2D eigenvalue weighted by atomic mass is 9.49. The first kappa shape index (κ1) is 26.9. The molecule has 3 aliphatic carbocycles. The molecule has 2 atom stereocenters. The molecule has 1 heterocycles. The van der Waals surface area contributed by atoms with E-state index in [0.717, 1.165) is 42.1 Å². The minimum atomic E-state index is -0.340. The number of carbonyl (C=O) groups excluding carboxylic acids is 2. The Morgan fingerprint density at radius 1 is 1.05 bits per heavy atom. The van der Waals surface area contributed by atoms with E-state index >= 15 is 0 Å². The van der Waals surface area contributed by atoms with Crippen LogP contribution in [0.5, 0.6) is 0 Å². The number of piperazine rings is 1. The van der Waals surface area contributed by atoms with E-state index in [9.17, 15) is 14.0 Å². The van der Waals surface area contributed by atoms with Crippen molar-refractivity contribution in [1.29, 1.82) is 0 Å². The van der Waals surface area contributed by atoms with Gasteiger partial charge in [0.15, 0.2) is 0 Å². The van der Waals surface area contributed by atoms with Crippen molar-refractivity contribution in [1.82, 2.24) is 14.7 Å². The van der Waals surface area contributed by atoms with Crippen LogP contribution >= 0.6 is 15.9 Å². The number of hydrogen-bond acceptors (Lipinski definition) is 3. The number of amides is 3. The first-order valence-electron chi connectivity index (χ1n) is 13.5. The number of anilines is 1. The summed E-state index contributed by atoms with van der Waals surface area (Å²) in [6, 6.07) is 13.3. The summed E-state index contributed by atoms with van der Waals surface area (Å²) in [5.74, 6) is 0.873. The number of carbonyl (C=O) groups is 2. The number of nitrogens with zero attached hydrogens (tertiary/aromatic N) is 3. The molecule has 2 unspecified atom stereocenters. The standard InChI is InChI=1S/C30H36BrFN4O2/c1-30(2)23-6-3-22(27(30)19-23)20-36(28(37)21-4-9-25(32)10-5-21)18-15-34-13-16-35(17-14-34)29(38)33-26-11-7-24(31)8-12-26/h3-5,7-12,23,27H,6,13-20H2,1-2H3,(H,33,38). The van der Waals surface area contributed by atoms with Gasteiger partial charge in [-0.2, -0.15) is 0 Å². The summed E-state index contributed by atoms with van der Waals surface area (Å²) in [5.41, 5.74) is 2.95. The van der Waals surface area contributed by atoms with E-state index in [1.165, 1.54) is 24.1 Å². The largest absolute Gasteiger partial charge is 0.333 e. The van der Waals surface area contributed by atoms with Gasteiger partial charge in [-0.25, -0.2) is 9.18 Å². The Hall–Kier alpha value is -2.71. The summed E-state index contributed by atoms with van der Waals surface area (Å²) in [6.07, 6.45) is 4.64. The summed E-state index contributed by atoms with van der Waals surface area (Å²) in [4.78, 5) is 32.3. The van der Waals surface area contributed by atoms with Gasteiger partial charge in [0.1, 0.15) is 5.82 Å². The van der Waals surface area contributed by atoms with E-state index in [1.807, 2.05) is 34.1 Å². The van der Waals surface area contributed by atoms with Crippen LogP contribution in [0.4, 0.5) is 14.9 Å². The summed E-state index contributed by atoms with van der Waals surface area (Å²) in [7, 11) is 0. The van der Waals surface area contributed by atoms with E-state index in [2.05, 4.69) is 46.1 Å². The second kappa shape index (κ2) is 11.2. The number of nitrogens with one attached hydrogen (secondary N) is 1. The van der Waals surface area contributed by atoms with Gasteiger partial charge in [-0.05, 0) is 78.6 Å². The zero-order valence-corrected chi connectivity index (χ0v) is 23.7. The van der Waals surface area contributed by atoms with E-state index in [-0.39, 0.29) is 17.8 Å². The second-order valence-corrected chi connectivity index (χ2v) is 12.2. The Morgan fingerprint density at radius 2 is 1.74 bits per heavy atom. The maximum Gasteiger partial charge on any atom is 0.321 e. The molecule has 1 aliphatic heterocycles. The van der Waals surface area contributed by atoms with Crippen LogP contribution in [0.25, 0.3) is 0 Å². The molecule has 6 nitrogen and oxygen atoms in total. The molecule has 0 radical (unpaired) electrons. The lowest BCUT2D eigenvalue weighted by Crippen LogP contribution is -2.52. The summed E-state index contributed by atoms with van der Waals surface area (Å²) < 4.78 is 14.5. The molecular formula is C30H36BrFN4O2. The van der Waals surface area contributed by atoms with Crippen LogP contribution < -0.4 is 5.32 Å². The molecule has 1 saturated carbocycles. The predicted molar refractivity (Wildman–Crippen MR) is 152 cm³/mol. The minimum Gasteiger partial charge on any atom is -0.333 e. The molecule has 202 valence electrons. The first-order valence-corrected chi connectivity index (χ1v) is 14.3. The van der Waals surface area contributed by atoms with E-state index in [1.54, 1.807) is 12.1 Å². The number of urea groups is 1. The predicted octanol–water partition coefficient (Wildman–Crippen LogP) is 5.87. The quantitative estimate of drug-likeness (QED) is 0.415. The highest BCUT2D eigenvalue weighted by atomic mass is 79.9. The molecule has 38 heavy (non-hydrogen) atoms. The van der Waals surface area contributed by atoms with Crippen LogP contribution in [0, 0.1) is 23.1 Å². The molecule has 4 aliphatic rings. The maximum atomic E-state index is 13.5. The van der Waals surface area contributed by atoms with Gasteiger partial charge in [-0.15, -0.1) is 0 Å². The fourth-order valence-electron chi connectivity index (χ4n) is 6.08. The molecule has 2 aromatic carbocycles. The van der Waals surface area contributed by atoms with Gasteiger partial charge >= 0.3 is 6.03 Å². The molecule has 0 spiro atoms. The maximum absolute atomic E-state index is 13.5. The number of fused-ring (bicyclic) bond motifs is 1. The summed E-state index contributed by atoms with van der Waals surface area (Å²) in [6.45, 7) is 9.42. The van der Waals surface area contributed by atoms with Crippen LogP contribution in [0.3, 0.4) is 0 Å². The topological polar surface area (TPSA) is 55.9 Å². The number of hydrogen-bond donors (Lipinski definition) is 1. The van der Waals surface area contributed by atoms with Crippen molar-refractivity contribution >= 4 is 33.6 Å². The van der Waals surface area contributed by atoms with Crippen molar-refractivity contribution in [2.45, 2.75) is 26.7 Å². The smallest absolute Gasteiger partial charge is 0.321 e. The third-order valence-corrected chi connectivity index (χ3v) is 9.30. The van der Waals surface area contributed by atoms with Crippen molar-refractivity contribution in [3.8, 4) is 0 Å². The highest BCUT2D eigenvalue weighted by Crippen LogP contribution is 2.59. The number of rotatable bonds is 7. The van der Waals surface area contributed by atoms with Crippen LogP contribution in [-0.4, -0.2) is 72.5 Å².